The van der Waals surface area contributed by atoms with E-state index in [0.29, 0.717) is 0 Å². The Morgan fingerprint density at radius 2 is 1.44 bits per heavy atom. The van der Waals surface area contributed by atoms with E-state index in [1.54, 1.807) is 0 Å². The molecule has 0 unspecified atom stereocenters. The van der Waals surface area contributed by atoms with Crippen LogP contribution in [0, 0.1) is 23.7 Å². The number of hydrogen-bond donors (Lipinski definition) is 0. The molecule has 2 aliphatic heterocycles. The van der Waals surface area contributed by atoms with Crippen LogP contribution in [0.3, 0.4) is 0 Å². The van der Waals surface area contributed by atoms with Crippen LogP contribution in [0.4, 0.5) is 0 Å². The van der Waals surface area contributed by atoms with Crippen molar-refractivity contribution in [1.82, 2.24) is 14.7 Å². The molecule has 0 amide bonds. The van der Waals surface area contributed by atoms with Crippen molar-refractivity contribution in [3.05, 3.63) is 0 Å². The van der Waals surface area contributed by atoms with Crippen LogP contribution in [0.5, 0.6) is 0 Å². The Morgan fingerprint density at radius 1 is 0.800 bits per heavy atom. The summed E-state index contributed by atoms with van der Waals surface area (Å²) >= 11 is 0. The second-order valence-corrected chi connectivity index (χ2v) is 9.93. The number of likely N-dealkylation sites (tertiary alicyclic amines) is 1. The summed E-state index contributed by atoms with van der Waals surface area (Å²) in [4.78, 5) is 8.27. The molecule has 0 radical (unpaired) electrons. The van der Waals surface area contributed by atoms with Crippen molar-refractivity contribution in [2.75, 3.05) is 52.4 Å². The maximum absolute atomic E-state index is 2.80. The van der Waals surface area contributed by atoms with Crippen molar-refractivity contribution >= 4 is 0 Å². The fraction of sp³-hybridized carbons (Fsp3) is 1.00. The molecule has 2 heterocycles. The van der Waals surface area contributed by atoms with E-state index in [2.05, 4.69) is 42.4 Å². The highest BCUT2D eigenvalue weighted by molar-refractivity contribution is 4.91. The van der Waals surface area contributed by atoms with Gasteiger partial charge in [-0.1, -0.05) is 27.7 Å². The Balaban J connectivity index is 1.29. The van der Waals surface area contributed by atoms with Gasteiger partial charge in [0.1, 0.15) is 0 Å². The largest absolute Gasteiger partial charge is 0.303 e. The number of nitrogens with zero attached hydrogens (tertiary/aromatic N) is 3. The van der Waals surface area contributed by atoms with Gasteiger partial charge in [0.25, 0.3) is 0 Å². The zero-order valence-electron chi connectivity index (χ0n) is 17.4. The Morgan fingerprint density at radius 3 is 2.00 bits per heavy atom. The van der Waals surface area contributed by atoms with Crippen molar-refractivity contribution in [2.45, 2.75) is 65.8 Å². The van der Waals surface area contributed by atoms with Gasteiger partial charge in [0, 0.05) is 38.8 Å². The molecule has 1 aliphatic carbocycles. The zero-order chi connectivity index (χ0) is 17.8. The number of piperidine rings is 1. The normalized spacial score (nSPS) is 31.0. The lowest BCUT2D eigenvalue weighted by atomic mass is 9.73. The summed E-state index contributed by atoms with van der Waals surface area (Å²) in [5.74, 6) is 3.70. The van der Waals surface area contributed by atoms with E-state index in [1.807, 2.05) is 0 Å². The van der Waals surface area contributed by atoms with Gasteiger partial charge < -0.3 is 9.80 Å². The molecule has 0 bridgehead atoms. The summed E-state index contributed by atoms with van der Waals surface area (Å²) in [6.45, 7) is 20.1. The van der Waals surface area contributed by atoms with Gasteiger partial charge in [-0.2, -0.15) is 0 Å². The highest BCUT2D eigenvalue weighted by Crippen LogP contribution is 2.37. The monoisotopic (exact) mass is 349 g/mol. The first-order valence-corrected chi connectivity index (χ1v) is 11.2. The van der Waals surface area contributed by atoms with Gasteiger partial charge in [-0.3, -0.25) is 4.90 Å². The number of piperazine rings is 1. The topological polar surface area (TPSA) is 9.72 Å². The van der Waals surface area contributed by atoms with E-state index in [9.17, 15) is 0 Å². The predicted molar refractivity (Wildman–Crippen MR) is 108 cm³/mol. The van der Waals surface area contributed by atoms with Crippen LogP contribution >= 0.6 is 0 Å². The highest BCUT2D eigenvalue weighted by atomic mass is 15.3. The molecular weight excluding hydrogens is 306 g/mol. The quantitative estimate of drug-likeness (QED) is 0.692. The van der Waals surface area contributed by atoms with Crippen LogP contribution < -0.4 is 0 Å². The molecule has 3 aliphatic rings. The Kier molecular flexibility index (Phi) is 7.22. The summed E-state index contributed by atoms with van der Waals surface area (Å²) in [6, 6.07) is 0.916. The Hall–Kier alpha value is -0.120. The molecule has 0 N–H and O–H groups in total. The zero-order valence-corrected chi connectivity index (χ0v) is 17.4. The summed E-state index contributed by atoms with van der Waals surface area (Å²) in [6.07, 6.45) is 7.15. The molecule has 3 fully saturated rings. The molecule has 0 aromatic rings. The Labute approximate surface area is 157 Å². The molecule has 3 heteroatoms. The molecule has 0 aromatic carbocycles. The minimum absolute atomic E-state index is 0.848. The van der Waals surface area contributed by atoms with Crippen molar-refractivity contribution < 1.29 is 0 Å². The van der Waals surface area contributed by atoms with Gasteiger partial charge in [0.05, 0.1) is 0 Å². The molecule has 3 rings (SSSR count). The van der Waals surface area contributed by atoms with E-state index in [1.165, 1.54) is 84.5 Å². The standard InChI is InChI=1S/C22H43N3/c1-18(2)5-8-23-9-6-20(7-10-23)17-24-11-13-25(14-12-24)22-15-21(16-22)19(3)4/h18-22H,5-17H2,1-4H3. The second kappa shape index (κ2) is 9.19. The molecule has 2 saturated heterocycles. The average molecular weight is 350 g/mol. The summed E-state index contributed by atoms with van der Waals surface area (Å²) < 4.78 is 0. The van der Waals surface area contributed by atoms with Gasteiger partial charge in [-0.05, 0) is 75.4 Å². The molecule has 25 heavy (non-hydrogen) atoms. The van der Waals surface area contributed by atoms with Gasteiger partial charge >= 0.3 is 0 Å². The van der Waals surface area contributed by atoms with Gasteiger partial charge in [0.2, 0.25) is 0 Å². The van der Waals surface area contributed by atoms with E-state index in [4.69, 9.17) is 0 Å². The van der Waals surface area contributed by atoms with Crippen LogP contribution in [0.15, 0.2) is 0 Å². The van der Waals surface area contributed by atoms with Crippen LogP contribution in [0.1, 0.15) is 59.8 Å². The summed E-state index contributed by atoms with van der Waals surface area (Å²) in [5.41, 5.74) is 0. The molecule has 3 nitrogen and oxygen atoms in total. The third-order valence-electron chi connectivity index (χ3n) is 7.26. The maximum atomic E-state index is 2.80. The molecule has 0 atom stereocenters. The first-order chi connectivity index (χ1) is 12.0. The lowest BCUT2D eigenvalue weighted by molar-refractivity contribution is 0.0130. The summed E-state index contributed by atoms with van der Waals surface area (Å²) in [7, 11) is 0. The average Bonchev–Trinajstić information content (AvgIpc) is 2.54. The lowest BCUT2D eigenvalue weighted by Gasteiger charge is -2.48. The lowest BCUT2D eigenvalue weighted by Crippen LogP contribution is -2.55. The van der Waals surface area contributed by atoms with E-state index in [0.717, 1.165) is 29.7 Å². The van der Waals surface area contributed by atoms with E-state index >= 15 is 0 Å². The van der Waals surface area contributed by atoms with Gasteiger partial charge in [0.15, 0.2) is 0 Å². The SMILES string of the molecule is CC(C)CCN1CCC(CN2CCN(C3CC(C(C)C)C3)CC2)CC1. The minimum Gasteiger partial charge on any atom is -0.303 e. The molecule has 0 aromatic heterocycles. The van der Waals surface area contributed by atoms with E-state index in [-0.39, 0.29) is 0 Å². The van der Waals surface area contributed by atoms with Crippen LogP contribution in [0.2, 0.25) is 0 Å². The van der Waals surface area contributed by atoms with Crippen molar-refractivity contribution in [1.29, 1.82) is 0 Å². The Bertz CT molecular complexity index is 373. The van der Waals surface area contributed by atoms with E-state index < -0.39 is 0 Å². The minimum atomic E-state index is 0.848. The smallest absolute Gasteiger partial charge is 0.0113 e. The third kappa shape index (κ3) is 5.68. The summed E-state index contributed by atoms with van der Waals surface area (Å²) in [5, 5.41) is 0. The van der Waals surface area contributed by atoms with Crippen molar-refractivity contribution in [3.63, 3.8) is 0 Å². The van der Waals surface area contributed by atoms with Crippen LogP contribution in [0.25, 0.3) is 0 Å². The fourth-order valence-electron chi connectivity index (χ4n) is 4.98. The number of rotatable bonds is 7. The van der Waals surface area contributed by atoms with Crippen LogP contribution in [-0.4, -0.2) is 73.1 Å². The molecule has 146 valence electrons. The predicted octanol–water partition coefficient (Wildman–Crippen LogP) is 3.80. The molecule has 0 spiro atoms. The highest BCUT2D eigenvalue weighted by Gasteiger charge is 2.36. The van der Waals surface area contributed by atoms with Gasteiger partial charge in [-0.25, -0.2) is 0 Å². The fourth-order valence-corrected chi connectivity index (χ4v) is 4.98. The second-order valence-electron chi connectivity index (χ2n) is 9.93. The molecule has 1 saturated carbocycles. The van der Waals surface area contributed by atoms with Gasteiger partial charge in [-0.15, -0.1) is 0 Å². The molecular formula is C22H43N3. The first kappa shape index (κ1) is 19.6. The number of hydrogen-bond acceptors (Lipinski definition) is 3. The van der Waals surface area contributed by atoms with Crippen molar-refractivity contribution in [2.24, 2.45) is 23.7 Å². The first-order valence-electron chi connectivity index (χ1n) is 11.2. The van der Waals surface area contributed by atoms with Crippen molar-refractivity contribution in [3.8, 4) is 0 Å². The maximum Gasteiger partial charge on any atom is 0.0113 e. The third-order valence-corrected chi connectivity index (χ3v) is 7.26. The van der Waals surface area contributed by atoms with Crippen LogP contribution in [-0.2, 0) is 0 Å².